The minimum Gasteiger partial charge on any atom is -0.479 e. The lowest BCUT2D eigenvalue weighted by Crippen LogP contribution is -2.15. The van der Waals surface area contributed by atoms with Crippen LogP contribution >= 0.6 is 11.6 Å². The number of aliphatic hydroxyl groups is 1. The molecule has 1 aromatic rings. The molecule has 0 bridgehead atoms. The van der Waals surface area contributed by atoms with E-state index in [4.69, 9.17) is 16.7 Å². The summed E-state index contributed by atoms with van der Waals surface area (Å²) in [7, 11) is 0. The Morgan fingerprint density at radius 2 is 2.00 bits per heavy atom. The quantitative estimate of drug-likeness (QED) is 0.635. The van der Waals surface area contributed by atoms with Gasteiger partial charge in [-0.2, -0.15) is 0 Å². The molecule has 1 aromatic carbocycles. The zero-order valence-electron chi connectivity index (χ0n) is 10.2. The van der Waals surface area contributed by atoms with Crippen LogP contribution in [0.25, 0.3) is 0 Å². The van der Waals surface area contributed by atoms with Crippen molar-refractivity contribution in [3.8, 4) is 0 Å². The van der Waals surface area contributed by atoms with Crippen LogP contribution in [-0.4, -0.2) is 27.3 Å². The summed E-state index contributed by atoms with van der Waals surface area (Å²) in [6, 6.07) is 4.54. The molecule has 18 heavy (non-hydrogen) atoms. The van der Waals surface area contributed by atoms with Gasteiger partial charge in [0, 0.05) is 5.56 Å². The van der Waals surface area contributed by atoms with Crippen LogP contribution in [0.2, 0.25) is 0 Å². The van der Waals surface area contributed by atoms with E-state index >= 15 is 0 Å². The maximum absolute atomic E-state index is 11.7. The monoisotopic (exact) mass is 270 g/mol. The van der Waals surface area contributed by atoms with Crippen molar-refractivity contribution in [1.82, 2.24) is 0 Å². The highest BCUT2D eigenvalue weighted by Crippen LogP contribution is 2.22. The summed E-state index contributed by atoms with van der Waals surface area (Å²) < 4.78 is 0. The number of halogens is 1. The summed E-state index contributed by atoms with van der Waals surface area (Å²) >= 11 is 5.72. The minimum absolute atomic E-state index is 0.220. The van der Waals surface area contributed by atoms with Gasteiger partial charge in [0.15, 0.2) is 11.9 Å². The molecule has 98 valence electrons. The second kappa shape index (κ2) is 5.98. The number of rotatable bonds is 5. The Morgan fingerprint density at radius 3 is 2.44 bits per heavy atom. The molecule has 0 amide bonds. The van der Waals surface area contributed by atoms with Crippen LogP contribution in [0.5, 0.6) is 0 Å². The van der Waals surface area contributed by atoms with E-state index < -0.39 is 17.5 Å². The molecule has 1 rings (SSSR count). The van der Waals surface area contributed by atoms with E-state index in [0.717, 1.165) is 0 Å². The maximum Gasteiger partial charge on any atom is 0.337 e. The van der Waals surface area contributed by atoms with Crippen LogP contribution in [0.4, 0.5) is 0 Å². The van der Waals surface area contributed by atoms with Gasteiger partial charge >= 0.3 is 5.97 Å². The molecule has 2 unspecified atom stereocenters. The lowest BCUT2D eigenvalue weighted by Gasteiger charge is -2.13. The van der Waals surface area contributed by atoms with Crippen LogP contribution < -0.4 is 0 Å². The Labute approximate surface area is 110 Å². The molecular weight excluding hydrogens is 256 g/mol. The van der Waals surface area contributed by atoms with Crippen LogP contribution in [0.1, 0.15) is 41.4 Å². The topological polar surface area (TPSA) is 74.6 Å². The molecule has 0 saturated carbocycles. The van der Waals surface area contributed by atoms with E-state index in [1.165, 1.54) is 12.1 Å². The summed E-state index contributed by atoms with van der Waals surface area (Å²) in [6.45, 7) is 3.40. The number of Topliss-reactive ketones (excluding diaryl/α,β-unsaturated/α-hetero) is 1. The first-order chi connectivity index (χ1) is 8.38. The molecule has 0 saturated heterocycles. The van der Waals surface area contributed by atoms with Gasteiger partial charge in [0.25, 0.3) is 0 Å². The molecule has 0 aliphatic carbocycles. The highest BCUT2D eigenvalue weighted by Gasteiger charge is 2.21. The van der Waals surface area contributed by atoms with Gasteiger partial charge in [-0.25, -0.2) is 4.79 Å². The Bertz CT molecular complexity index is 468. The number of ketones is 1. The van der Waals surface area contributed by atoms with Crippen molar-refractivity contribution >= 4 is 23.4 Å². The molecule has 0 spiro atoms. The zero-order chi connectivity index (χ0) is 13.9. The number of alkyl halides is 1. The summed E-state index contributed by atoms with van der Waals surface area (Å²) in [5.74, 6) is -1.53. The second-order valence-electron chi connectivity index (χ2n) is 3.99. The number of hydrogen-bond donors (Lipinski definition) is 2. The number of carboxylic acids is 1. The highest BCUT2D eigenvalue weighted by molar-refractivity contribution is 6.33. The standard InChI is InChI=1S/C13H15ClO4/c1-3-8-6-9(11(15)7(2)14)4-5-10(8)12(16)13(17)18/h4-7,12,16H,3H2,1-2H3,(H,17,18). The number of carbonyl (C=O) groups is 2. The van der Waals surface area contributed by atoms with Crippen molar-refractivity contribution in [1.29, 1.82) is 0 Å². The molecule has 2 atom stereocenters. The predicted octanol–water partition coefficient (Wildman–Crippen LogP) is 2.18. The molecule has 0 fully saturated rings. The molecule has 0 aromatic heterocycles. The molecule has 2 N–H and O–H groups in total. The van der Waals surface area contributed by atoms with E-state index in [1.807, 2.05) is 6.92 Å². The predicted molar refractivity (Wildman–Crippen MR) is 68.1 cm³/mol. The number of hydrogen-bond acceptors (Lipinski definition) is 3. The molecule has 0 radical (unpaired) electrons. The van der Waals surface area contributed by atoms with Gasteiger partial charge in [-0.05, 0) is 30.5 Å². The molecule has 0 aliphatic rings. The normalized spacial score (nSPS) is 14.0. The smallest absolute Gasteiger partial charge is 0.337 e. The van der Waals surface area contributed by atoms with E-state index in [-0.39, 0.29) is 5.78 Å². The van der Waals surface area contributed by atoms with Gasteiger partial charge in [-0.15, -0.1) is 11.6 Å². The average Bonchev–Trinajstić information content (AvgIpc) is 2.35. The zero-order valence-corrected chi connectivity index (χ0v) is 10.9. The molecule has 4 nitrogen and oxygen atoms in total. The average molecular weight is 271 g/mol. The Balaban J connectivity index is 3.19. The third-order valence-corrected chi connectivity index (χ3v) is 2.90. The molecule has 0 aliphatic heterocycles. The Morgan fingerprint density at radius 1 is 1.39 bits per heavy atom. The van der Waals surface area contributed by atoms with Crippen LogP contribution in [0.3, 0.4) is 0 Å². The lowest BCUT2D eigenvalue weighted by molar-refractivity contribution is -0.147. The van der Waals surface area contributed by atoms with E-state index in [1.54, 1.807) is 13.0 Å². The first-order valence-corrected chi connectivity index (χ1v) is 6.04. The summed E-state index contributed by atoms with van der Waals surface area (Å²) in [5, 5.41) is 17.7. The van der Waals surface area contributed by atoms with Gasteiger partial charge in [-0.3, -0.25) is 4.79 Å². The molecule has 0 heterocycles. The minimum atomic E-state index is -1.57. The van der Waals surface area contributed by atoms with Gasteiger partial charge in [0.05, 0.1) is 5.38 Å². The second-order valence-corrected chi connectivity index (χ2v) is 4.64. The van der Waals surface area contributed by atoms with Crippen molar-refractivity contribution in [3.63, 3.8) is 0 Å². The van der Waals surface area contributed by atoms with Crippen LogP contribution in [0.15, 0.2) is 18.2 Å². The van der Waals surface area contributed by atoms with Gasteiger partial charge < -0.3 is 10.2 Å². The van der Waals surface area contributed by atoms with Crippen molar-refractivity contribution in [3.05, 3.63) is 34.9 Å². The largest absolute Gasteiger partial charge is 0.479 e. The number of aliphatic hydroxyl groups excluding tert-OH is 1. The number of aliphatic carboxylic acids is 1. The van der Waals surface area contributed by atoms with Gasteiger partial charge in [-0.1, -0.05) is 19.1 Å². The van der Waals surface area contributed by atoms with E-state index in [0.29, 0.717) is 23.1 Å². The highest BCUT2D eigenvalue weighted by atomic mass is 35.5. The fourth-order valence-electron chi connectivity index (χ4n) is 1.69. The Kier molecular flexibility index (Phi) is 4.87. The number of aryl methyl sites for hydroxylation is 1. The third-order valence-electron chi connectivity index (χ3n) is 2.70. The SMILES string of the molecule is CCc1cc(C(=O)C(C)Cl)ccc1C(O)C(=O)O. The van der Waals surface area contributed by atoms with Crippen molar-refractivity contribution in [2.24, 2.45) is 0 Å². The maximum atomic E-state index is 11.7. The van der Waals surface area contributed by atoms with E-state index in [9.17, 15) is 14.7 Å². The Hall–Kier alpha value is -1.39. The fraction of sp³-hybridized carbons (Fsp3) is 0.385. The number of carbonyl (C=O) groups excluding carboxylic acids is 1. The fourth-order valence-corrected chi connectivity index (χ4v) is 1.82. The molecule has 5 heteroatoms. The third kappa shape index (κ3) is 3.09. The first kappa shape index (κ1) is 14.7. The van der Waals surface area contributed by atoms with Crippen molar-refractivity contribution in [2.75, 3.05) is 0 Å². The van der Waals surface area contributed by atoms with Gasteiger partial charge in [0.2, 0.25) is 0 Å². The molecular formula is C13H15ClO4. The number of carboxylic acid groups (broad SMARTS) is 1. The summed E-state index contributed by atoms with van der Waals surface area (Å²) in [6.07, 6.45) is -1.05. The van der Waals surface area contributed by atoms with Crippen molar-refractivity contribution < 1.29 is 19.8 Å². The van der Waals surface area contributed by atoms with E-state index in [2.05, 4.69) is 0 Å². The number of benzene rings is 1. The first-order valence-electron chi connectivity index (χ1n) is 5.60. The van der Waals surface area contributed by atoms with Crippen LogP contribution in [0, 0.1) is 0 Å². The van der Waals surface area contributed by atoms with Crippen molar-refractivity contribution in [2.45, 2.75) is 31.7 Å². The lowest BCUT2D eigenvalue weighted by atomic mass is 9.96. The summed E-state index contributed by atoms with van der Waals surface area (Å²) in [5.41, 5.74) is 1.37. The van der Waals surface area contributed by atoms with Gasteiger partial charge in [0.1, 0.15) is 0 Å². The summed E-state index contributed by atoms with van der Waals surface area (Å²) in [4.78, 5) is 22.5. The van der Waals surface area contributed by atoms with Crippen LogP contribution in [-0.2, 0) is 11.2 Å².